The smallest absolute Gasteiger partial charge is 0.247 e. The van der Waals surface area contributed by atoms with Gasteiger partial charge in [-0.25, -0.2) is 4.39 Å². The maximum atomic E-state index is 13.0. The first kappa shape index (κ1) is 12.2. The normalized spacial score (nSPS) is 10.7. The fourth-order valence-corrected chi connectivity index (χ4v) is 1.61. The molecule has 0 aliphatic heterocycles. The molecular formula is C12H18BFN. The molecule has 0 bridgehead atoms. The lowest BCUT2D eigenvalue weighted by molar-refractivity contribution is 0.444. The molecule has 1 aromatic rings. The van der Waals surface area contributed by atoms with Crippen molar-refractivity contribution in [1.82, 2.24) is 4.81 Å². The molecule has 0 saturated heterocycles. The Labute approximate surface area is 92.6 Å². The van der Waals surface area contributed by atoms with Crippen molar-refractivity contribution in [3.8, 4) is 0 Å². The van der Waals surface area contributed by atoms with E-state index in [1.807, 2.05) is 13.5 Å². The van der Waals surface area contributed by atoms with Gasteiger partial charge in [-0.15, -0.1) is 0 Å². The Kier molecular flexibility index (Phi) is 5.40. The molecule has 0 aliphatic carbocycles. The molecule has 81 valence electrons. The Bertz CT molecular complexity index is 285. The van der Waals surface area contributed by atoms with Crippen LogP contribution in [0.25, 0.3) is 0 Å². The second-order valence-corrected chi connectivity index (χ2v) is 3.72. The van der Waals surface area contributed by atoms with Crippen LogP contribution in [0.5, 0.6) is 0 Å². The van der Waals surface area contributed by atoms with Gasteiger partial charge in [0.25, 0.3) is 0 Å². The van der Waals surface area contributed by atoms with Gasteiger partial charge in [0.05, 0.1) is 0 Å². The van der Waals surface area contributed by atoms with Crippen molar-refractivity contribution in [3.63, 3.8) is 0 Å². The molecule has 3 heteroatoms. The average molecular weight is 206 g/mol. The van der Waals surface area contributed by atoms with Crippen molar-refractivity contribution in [1.29, 1.82) is 0 Å². The summed E-state index contributed by atoms with van der Waals surface area (Å²) in [5.41, 5.74) is 0.942. The number of halogens is 1. The Morgan fingerprint density at radius 3 is 2.40 bits per heavy atom. The molecule has 1 nitrogen and oxygen atoms in total. The maximum absolute atomic E-state index is 13.0. The molecule has 0 fully saturated rings. The SMILES string of the molecule is CCCN([B]c1cccc(F)c1)CCC. The summed E-state index contributed by atoms with van der Waals surface area (Å²) in [6.07, 6.45) is 2.23. The zero-order chi connectivity index (χ0) is 11.1. The van der Waals surface area contributed by atoms with E-state index in [9.17, 15) is 4.39 Å². The molecule has 0 saturated carbocycles. The average Bonchev–Trinajstić information content (AvgIpc) is 2.18. The quantitative estimate of drug-likeness (QED) is 0.645. The number of hydrogen-bond acceptors (Lipinski definition) is 1. The highest BCUT2D eigenvalue weighted by molar-refractivity contribution is 6.50. The van der Waals surface area contributed by atoms with E-state index in [0.29, 0.717) is 0 Å². The fraction of sp³-hybridized carbons (Fsp3) is 0.500. The largest absolute Gasteiger partial charge is 0.342 e. The molecule has 0 amide bonds. The maximum Gasteiger partial charge on any atom is 0.247 e. The highest BCUT2D eigenvalue weighted by Gasteiger charge is 2.06. The summed E-state index contributed by atoms with van der Waals surface area (Å²) < 4.78 is 13.0. The molecular weight excluding hydrogens is 188 g/mol. The van der Waals surface area contributed by atoms with Crippen LogP contribution in [0.2, 0.25) is 0 Å². The molecule has 0 aliphatic rings. The predicted octanol–water partition coefficient (Wildman–Crippen LogP) is 2.19. The van der Waals surface area contributed by atoms with Crippen LogP contribution in [0, 0.1) is 5.82 Å². The summed E-state index contributed by atoms with van der Waals surface area (Å²) >= 11 is 0. The summed E-state index contributed by atoms with van der Waals surface area (Å²) in [6.45, 7) is 6.37. The standard InChI is InChI=1S/C12H18BFN/c1-3-8-15(9-4-2)13-11-6-5-7-12(14)10-11/h5-7,10H,3-4,8-9H2,1-2H3. The van der Waals surface area contributed by atoms with Gasteiger partial charge in [0.2, 0.25) is 7.41 Å². The minimum Gasteiger partial charge on any atom is -0.342 e. The van der Waals surface area contributed by atoms with Crippen LogP contribution in [-0.2, 0) is 0 Å². The zero-order valence-electron chi connectivity index (χ0n) is 9.54. The van der Waals surface area contributed by atoms with E-state index in [-0.39, 0.29) is 5.82 Å². The highest BCUT2D eigenvalue weighted by atomic mass is 19.1. The first-order valence-corrected chi connectivity index (χ1v) is 5.60. The van der Waals surface area contributed by atoms with Gasteiger partial charge in [-0.05, 0) is 38.1 Å². The first-order valence-electron chi connectivity index (χ1n) is 5.60. The van der Waals surface area contributed by atoms with Crippen molar-refractivity contribution in [2.24, 2.45) is 0 Å². The third kappa shape index (κ3) is 4.47. The van der Waals surface area contributed by atoms with Crippen LogP contribution in [0.3, 0.4) is 0 Å². The van der Waals surface area contributed by atoms with E-state index >= 15 is 0 Å². The minimum absolute atomic E-state index is 0.170. The third-order valence-electron chi connectivity index (χ3n) is 2.20. The molecule has 0 N–H and O–H groups in total. The van der Waals surface area contributed by atoms with Crippen molar-refractivity contribution in [2.75, 3.05) is 13.1 Å². The summed E-state index contributed by atoms with van der Waals surface area (Å²) in [5.74, 6) is -0.170. The molecule has 0 spiro atoms. The van der Waals surface area contributed by atoms with E-state index in [2.05, 4.69) is 18.7 Å². The number of hydrogen-bond donors (Lipinski definition) is 0. The van der Waals surface area contributed by atoms with Gasteiger partial charge in [0, 0.05) is 0 Å². The lowest BCUT2D eigenvalue weighted by atomic mass is 9.80. The zero-order valence-corrected chi connectivity index (χ0v) is 9.54. The monoisotopic (exact) mass is 206 g/mol. The van der Waals surface area contributed by atoms with Crippen molar-refractivity contribution >= 4 is 12.9 Å². The van der Waals surface area contributed by atoms with Crippen LogP contribution >= 0.6 is 0 Å². The predicted molar refractivity (Wildman–Crippen MR) is 63.9 cm³/mol. The number of rotatable bonds is 6. The van der Waals surface area contributed by atoms with Crippen molar-refractivity contribution in [3.05, 3.63) is 30.1 Å². The molecule has 0 aromatic heterocycles. The van der Waals surface area contributed by atoms with Gasteiger partial charge in [0.15, 0.2) is 0 Å². The van der Waals surface area contributed by atoms with Crippen LogP contribution in [0.1, 0.15) is 26.7 Å². The Balaban J connectivity index is 2.56. The Morgan fingerprint density at radius 1 is 1.20 bits per heavy atom. The van der Waals surface area contributed by atoms with Crippen molar-refractivity contribution in [2.45, 2.75) is 26.7 Å². The lowest BCUT2D eigenvalue weighted by Gasteiger charge is -2.19. The molecule has 0 atom stereocenters. The van der Waals surface area contributed by atoms with E-state index in [1.54, 1.807) is 12.1 Å². The summed E-state index contributed by atoms with van der Waals surface area (Å²) in [4.78, 5) is 2.24. The molecule has 1 rings (SSSR count). The summed E-state index contributed by atoms with van der Waals surface area (Å²) in [5, 5.41) is 0. The second-order valence-electron chi connectivity index (χ2n) is 3.72. The molecule has 15 heavy (non-hydrogen) atoms. The lowest BCUT2D eigenvalue weighted by Crippen LogP contribution is -2.37. The fourth-order valence-electron chi connectivity index (χ4n) is 1.61. The molecule has 1 radical (unpaired) electrons. The van der Waals surface area contributed by atoms with E-state index in [0.717, 1.165) is 31.4 Å². The minimum atomic E-state index is -0.170. The summed E-state index contributed by atoms with van der Waals surface area (Å²) in [7, 11) is 2.04. The highest BCUT2D eigenvalue weighted by Crippen LogP contribution is 1.95. The van der Waals surface area contributed by atoms with Gasteiger partial charge in [0.1, 0.15) is 5.82 Å². The molecule has 0 heterocycles. The Hall–Kier alpha value is -0.825. The van der Waals surface area contributed by atoms with Crippen LogP contribution in [0.15, 0.2) is 24.3 Å². The van der Waals surface area contributed by atoms with Crippen LogP contribution in [-0.4, -0.2) is 25.3 Å². The molecule has 0 unspecified atom stereocenters. The van der Waals surface area contributed by atoms with Crippen LogP contribution in [0.4, 0.5) is 4.39 Å². The van der Waals surface area contributed by atoms with Crippen molar-refractivity contribution < 1.29 is 4.39 Å². The van der Waals surface area contributed by atoms with Gasteiger partial charge in [-0.3, -0.25) is 0 Å². The van der Waals surface area contributed by atoms with Gasteiger partial charge in [-0.1, -0.05) is 31.4 Å². The van der Waals surface area contributed by atoms with Crippen LogP contribution < -0.4 is 5.46 Å². The third-order valence-corrected chi connectivity index (χ3v) is 2.20. The summed E-state index contributed by atoms with van der Waals surface area (Å²) in [6, 6.07) is 6.72. The Morgan fingerprint density at radius 2 is 1.87 bits per heavy atom. The van der Waals surface area contributed by atoms with E-state index in [1.165, 1.54) is 6.07 Å². The van der Waals surface area contributed by atoms with Gasteiger partial charge < -0.3 is 4.81 Å². The topological polar surface area (TPSA) is 3.24 Å². The van der Waals surface area contributed by atoms with E-state index < -0.39 is 0 Å². The number of benzene rings is 1. The first-order chi connectivity index (χ1) is 7.26. The van der Waals surface area contributed by atoms with Gasteiger partial charge in [-0.2, -0.15) is 0 Å². The second kappa shape index (κ2) is 6.62. The van der Waals surface area contributed by atoms with Gasteiger partial charge >= 0.3 is 0 Å². The van der Waals surface area contributed by atoms with E-state index in [4.69, 9.17) is 0 Å². The number of nitrogens with zero attached hydrogens (tertiary/aromatic N) is 1. The molecule has 1 aromatic carbocycles.